The Labute approximate surface area is 241 Å². The van der Waals surface area contributed by atoms with Gasteiger partial charge < -0.3 is 29.7 Å². The third-order valence-electron chi connectivity index (χ3n) is 7.71. The number of aromatic amines is 1. The van der Waals surface area contributed by atoms with Gasteiger partial charge in [0.15, 0.2) is 17.4 Å². The lowest BCUT2D eigenvalue weighted by Gasteiger charge is -2.37. The van der Waals surface area contributed by atoms with E-state index in [1.54, 1.807) is 11.7 Å². The zero-order valence-corrected chi connectivity index (χ0v) is 23.0. The predicted molar refractivity (Wildman–Crippen MR) is 155 cm³/mol. The van der Waals surface area contributed by atoms with E-state index < -0.39 is 42.2 Å². The molecule has 0 amide bonds. The highest BCUT2D eigenvalue weighted by Crippen LogP contribution is 2.40. The van der Waals surface area contributed by atoms with Crippen LogP contribution in [0.1, 0.15) is 22.9 Å². The number of rotatable bonds is 9. The van der Waals surface area contributed by atoms with Crippen molar-refractivity contribution in [2.24, 2.45) is 0 Å². The van der Waals surface area contributed by atoms with Crippen LogP contribution in [0.5, 0.6) is 5.75 Å². The fraction of sp³-hybridized carbons (Fsp3) is 0.258. The summed E-state index contributed by atoms with van der Waals surface area (Å²) in [5, 5.41) is 23.9. The molecule has 1 aliphatic heterocycles. The van der Waals surface area contributed by atoms with Gasteiger partial charge in [-0.3, -0.25) is 14.3 Å². The summed E-state index contributed by atoms with van der Waals surface area (Å²) in [5.41, 5.74) is 1.57. The van der Waals surface area contributed by atoms with E-state index in [-0.39, 0.29) is 17.1 Å². The molecule has 3 aromatic carbocycles. The number of methoxy groups -OCH3 is 2. The van der Waals surface area contributed by atoms with Crippen molar-refractivity contribution in [1.82, 2.24) is 19.5 Å². The highest BCUT2D eigenvalue weighted by atomic mass is 16.6. The Morgan fingerprint density at radius 3 is 2.17 bits per heavy atom. The molecule has 1 fully saturated rings. The number of hydrogen-bond donors (Lipinski definition) is 4. The maximum absolute atomic E-state index is 13.4. The van der Waals surface area contributed by atoms with E-state index in [4.69, 9.17) is 19.2 Å². The molecule has 11 heteroatoms. The number of nitrogens with zero attached hydrogens (tertiary/aromatic N) is 3. The number of hydrogen-bond acceptors (Lipinski definition) is 9. The van der Waals surface area contributed by atoms with E-state index in [1.165, 1.54) is 13.4 Å². The Kier molecular flexibility index (Phi) is 7.48. The molecule has 3 heterocycles. The van der Waals surface area contributed by atoms with Crippen molar-refractivity contribution in [2.75, 3.05) is 26.1 Å². The number of benzene rings is 3. The fourth-order valence-electron chi connectivity index (χ4n) is 5.63. The van der Waals surface area contributed by atoms with Gasteiger partial charge in [-0.1, -0.05) is 72.8 Å². The molecule has 6 rings (SSSR count). The lowest BCUT2D eigenvalue weighted by atomic mass is 9.77. The number of anilines is 1. The van der Waals surface area contributed by atoms with Gasteiger partial charge >= 0.3 is 0 Å². The third-order valence-corrected chi connectivity index (χ3v) is 7.71. The van der Waals surface area contributed by atoms with Crippen LogP contribution in [0.2, 0.25) is 0 Å². The molecule has 0 aliphatic carbocycles. The van der Waals surface area contributed by atoms with Crippen molar-refractivity contribution >= 4 is 17.1 Å². The van der Waals surface area contributed by atoms with Gasteiger partial charge in [0.25, 0.3) is 5.56 Å². The second-order valence-corrected chi connectivity index (χ2v) is 10.0. The maximum Gasteiger partial charge on any atom is 0.280 e. The van der Waals surface area contributed by atoms with E-state index in [0.29, 0.717) is 5.75 Å². The summed E-state index contributed by atoms with van der Waals surface area (Å²) >= 11 is 0. The second-order valence-electron chi connectivity index (χ2n) is 10.0. The summed E-state index contributed by atoms with van der Waals surface area (Å²) in [6.07, 6.45) is -2.21. The maximum atomic E-state index is 13.4. The molecular formula is C31H31N5O6. The Hall–Kier alpha value is -4.55. The minimum atomic E-state index is -1.08. The number of H-pyrrole nitrogens is 1. The summed E-state index contributed by atoms with van der Waals surface area (Å²) in [7, 11) is 3.06. The van der Waals surface area contributed by atoms with E-state index >= 15 is 0 Å². The molecule has 0 spiro atoms. The molecule has 0 saturated carbocycles. The SMILES string of the molecule is COc1ccc(C(Nc2nc3c(ncn3[C@@H]3O[C@H](CO)C(O)C3OC)c(=O)[nH]2)(c2ccccc2)c2ccccc2)cc1. The number of imidazole rings is 1. The minimum Gasteiger partial charge on any atom is -0.497 e. The van der Waals surface area contributed by atoms with Crippen molar-refractivity contribution in [3.63, 3.8) is 0 Å². The highest BCUT2D eigenvalue weighted by molar-refractivity contribution is 5.71. The topological polar surface area (TPSA) is 144 Å². The molecule has 1 saturated heterocycles. The van der Waals surface area contributed by atoms with Crippen LogP contribution in [0.15, 0.2) is 96.1 Å². The molecule has 42 heavy (non-hydrogen) atoms. The summed E-state index contributed by atoms with van der Waals surface area (Å²) in [6, 6.07) is 27.5. The molecule has 5 aromatic rings. The first-order chi connectivity index (χ1) is 20.5. The largest absolute Gasteiger partial charge is 0.497 e. The van der Waals surface area contributed by atoms with E-state index in [2.05, 4.69) is 15.3 Å². The van der Waals surface area contributed by atoms with Gasteiger partial charge in [-0.15, -0.1) is 0 Å². The molecular weight excluding hydrogens is 538 g/mol. The van der Waals surface area contributed by atoms with Crippen LogP contribution in [0.25, 0.3) is 11.2 Å². The molecule has 4 atom stereocenters. The van der Waals surface area contributed by atoms with Gasteiger partial charge in [-0.2, -0.15) is 4.98 Å². The number of ether oxygens (including phenoxy) is 3. The van der Waals surface area contributed by atoms with E-state index in [1.807, 2.05) is 84.9 Å². The number of nitrogens with one attached hydrogen (secondary N) is 2. The molecule has 0 bridgehead atoms. The first-order valence-corrected chi connectivity index (χ1v) is 13.5. The number of aliphatic hydroxyl groups excluding tert-OH is 2. The summed E-state index contributed by atoms with van der Waals surface area (Å²) < 4.78 is 18.4. The molecule has 0 radical (unpaired) electrons. The summed E-state index contributed by atoms with van der Waals surface area (Å²) in [6.45, 7) is -0.399. The van der Waals surface area contributed by atoms with Crippen molar-refractivity contribution in [3.8, 4) is 5.75 Å². The zero-order valence-electron chi connectivity index (χ0n) is 23.0. The van der Waals surface area contributed by atoms with Crippen LogP contribution in [0, 0.1) is 0 Å². The quantitative estimate of drug-likeness (QED) is 0.197. The van der Waals surface area contributed by atoms with Crippen LogP contribution in [-0.4, -0.2) is 68.9 Å². The Balaban J connectivity index is 1.54. The third kappa shape index (κ3) is 4.62. The number of aromatic nitrogens is 4. The average Bonchev–Trinajstić information content (AvgIpc) is 3.61. The summed E-state index contributed by atoms with van der Waals surface area (Å²) in [4.78, 5) is 25.3. The summed E-state index contributed by atoms with van der Waals surface area (Å²) in [5.74, 6) is 0.891. The van der Waals surface area contributed by atoms with Gasteiger partial charge in [0.05, 0.1) is 20.0 Å². The first-order valence-electron chi connectivity index (χ1n) is 13.5. The molecule has 11 nitrogen and oxygen atoms in total. The predicted octanol–water partition coefficient (Wildman–Crippen LogP) is 2.80. The van der Waals surface area contributed by atoms with Crippen LogP contribution < -0.4 is 15.6 Å². The normalized spacial score (nSPS) is 20.6. The Morgan fingerprint density at radius 1 is 0.976 bits per heavy atom. The van der Waals surface area contributed by atoms with Gasteiger partial charge in [0, 0.05) is 7.11 Å². The van der Waals surface area contributed by atoms with Crippen LogP contribution in [-0.2, 0) is 15.0 Å². The smallest absolute Gasteiger partial charge is 0.280 e. The molecule has 2 aromatic heterocycles. The Morgan fingerprint density at radius 2 is 1.60 bits per heavy atom. The van der Waals surface area contributed by atoms with Gasteiger partial charge in [-0.05, 0) is 28.8 Å². The van der Waals surface area contributed by atoms with Crippen LogP contribution in [0.4, 0.5) is 5.95 Å². The lowest BCUT2D eigenvalue weighted by Crippen LogP contribution is -2.39. The first kappa shape index (κ1) is 27.6. The lowest BCUT2D eigenvalue weighted by molar-refractivity contribution is -0.0583. The fourth-order valence-corrected chi connectivity index (χ4v) is 5.63. The minimum absolute atomic E-state index is 0.0930. The number of aliphatic hydroxyl groups is 2. The number of fused-ring (bicyclic) bond motifs is 1. The monoisotopic (exact) mass is 569 g/mol. The second kappa shape index (κ2) is 11.4. The molecule has 2 unspecified atom stereocenters. The Bertz CT molecular complexity index is 1670. The van der Waals surface area contributed by atoms with Crippen molar-refractivity contribution in [2.45, 2.75) is 30.1 Å². The molecule has 1 aliphatic rings. The van der Waals surface area contributed by atoms with E-state index in [9.17, 15) is 15.0 Å². The molecule has 216 valence electrons. The standard InChI is InChI=1S/C31H31N5O6/c1-40-22-15-13-21(14-16-22)31(19-9-5-3-6-10-19,20-11-7-4-8-12-20)35-30-33-27-24(28(39)34-30)32-18-36(27)29-26(41-2)25(38)23(17-37)42-29/h3-16,18,23,25-26,29,37-38H,17H2,1-2H3,(H2,33,34,35,39)/t23-,25?,26?,29-/m1/s1. The van der Waals surface area contributed by atoms with Crippen LogP contribution in [0.3, 0.4) is 0 Å². The zero-order chi connectivity index (χ0) is 29.3. The van der Waals surface area contributed by atoms with Gasteiger partial charge in [-0.25, -0.2) is 4.98 Å². The van der Waals surface area contributed by atoms with Crippen LogP contribution >= 0.6 is 0 Å². The van der Waals surface area contributed by atoms with Crippen molar-refractivity contribution in [1.29, 1.82) is 0 Å². The van der Waals surface area contributed by atoms with Gasteiger partial charge in [0.1, 0.15) is 29.6 Å². The van der Waals surface area contributed by atoms with E-state index in [0.717, 1.165) is 16.7 Å². The van der Waals surface area contributed by atoms with Crippen molar-refractivity contribution in [3.05, 3.63) is 118 Å². The highest BCUT2D eigenvalue weighted by Gasteiger charge is 2.45. The van der Waals surface area contributed by atoms with Crippen molar-refractivity contribution < 1.29 is 24.4 Å². The molecule has 4 N–H and O–H groups in total. The van der Waals surface area contributed by atoms with Gasteiger partial charge in [0.2, 0.25) is 5.95 Å². The average molecular weight is 570 g/mol.